The van der Waals surface area contributed by atoms with E-state index in [4.69, 9.17) is 17.0 Å². The van der Waals surface area contributed by atoms with Crippen LogP contribution in [0.1, 0.15) is 26.7 Å². The van der Waals surface area contributed by atoms with Gasteiger partial charge in [0, 0.05) is 25.3 Å². The van der Waals surface area contributed by atoms with Crippen molar-refractivity contribution in [3.8, 4) is 5.75 Å². The number of thiocarbonyl (C=S) groups is 1. The van der Waals surface area contributed by atoms with Crippen LogP contribution < -0.4 is 15.4 Å². The van der Waals surface area contributed by atoms with Crippen LogP contribution in [-0.4, -0.2) is 42.8 Å². The summed E-state index contributed by atoms with van der Waals surface area (Å²) in [5.74, 6) is 2.46. The summed E-state index contributed by atoms with van der Waals surface area (Å²) in [4.78, 5) is 2.58. The first-order valence-electron chi connectivity index (χ1n) is 9.17. The Balaban J connectivity index is 1.62. The SMILES string of the molecule is C=CCOc1ccc(NC(=S)NCCCN2C[C@H](C)C[C@H](C)C2)cc1. The summed E-state index contributed by atoms with van der Waals surface area (Å²) in [5, 5.41) is 7.17. The molecule has 25 heavy (non-hydrogen) atoms. The molecular weight excluding hydrogens is 330 g/mol. The van der Waals surface area contributed by atoms with Gasteiger partial charge in [0.1, 0.15) is 12.4 Å². The molecule has 1 aromatic carbocycles. The van der Waals surface area contributed by atoms with E-state index < -0.39 is 0 Å². The fourth-order valence-corrected chi connectivity index (χ4v) is 3.66. The maximum atomic E-state index is 5.47. The summed E-state index contributed by atoms with van der Waals surface area (Å²) in [5.41, 5.74) is 0.960. The number of ether oxygens (including phenoxy) is 1. The highest BCUT2D eigenvalue weighted by Crippen LogP contribution is 2.20. The zero-order valence-electron chi connectivity index (χ0n) is 15.5. The van der Waals surface area contributed by atoms with E-state index in [1.807, 2.05) is 24.3 Å². The van der Waals surface area contributed by atoms with E-state index in [0.717, 1.165) is 42.8 Å². The molecule has 138 valence electrons. The van der Waals surface area contributed by atoms with Crippen molar-refractivity contribution in [3.63, 3.8) is 0 Å². The van der Waals surface area contributed by atoms with Crippen molar-refractivity contribution in [2.45, 2.75) is 26.7 Å². The van der Waals surface area contributed by atoms with Gasteiger partial charge in [-0.1, -0.05) is 26.5 Å². The third-order valence-corrected chi connectivity index (χ3v) is 4.61. The van der Waals surface area contributed by atoms with Crippen LogP contribution in [0.3, 0.4) is 0 Å². The lowest BCUT2D eigenvalue weighted by Gasteiger charge is -2.34. The maximum absolute atomic E-state index is 5.47. The number of nitrogens with zero attached hydrogens (tertiary/aromatic N) is 1. The second-order valence-electron chi connectivity index (χ2n) is 7.06. The molecule has 0 radical (unpaired) electrons. The fourth-order valence-electron chi connectivity index (χ4n) is 3.44. The smallest absolute Gasteiger partial charge is 0.170 e. The van der Waals surface area contributed by atoms with Crippen LogP contribution >= 0.6 is 12.2 Å². The Bertz CT molecular complexity index is 536. The standard InChI is InChI=1S/C20H31N3OS/c1-4-12-24-19-8-6-18(7-9-19)22-20(25)21-10-5-11-23-14-16(2)13-17(3)15-23/h4,6-9,16-17H,1,5,10-15H2,2-3H3,(H2,21,22,25)/t16-,17+. The Morgan fingerprint density at radius 2 is 1.96 bits per heavy atom. The Labute approximate surface area is 157 Å². The number of nitrogens with one attached hydrogen (secondary N) is 2. The van der Waals surface area contributed by atoms with E-state index >= 15 is 0 Å². The van der Waals surface area contributed by atoms with Gasteiger partial charge in [-0.25, -0.2) is 0 Å². The van der Waals surface area contributed by atoms with Crippen LogP contribution in [0.4, 0.5) is 5.69 Å². The van der Waals surface area contributed by atoms with Gasteiger partial charge in [-0.15, -0.1) is 0 Å². The molecule has 2 atom stereocenters. The molecule has 1 heterocycles. The second-order valence-corrected chi connectivity index (χ2v) is 7.47. The monoisotopic (exact) mass is 361 g/mol. The zero-order valence-corrected chi connectivity index (χ0v) is 16.3. The minimum absolute atomic E-state index is 0.515. The van der Waals surface area contributed by atoms with Crippen LogP contribution in [0.5, 0.6) is 5.75 Å². The van der Waals surface area contributed by atoms with E-state index in [0.29, 0.717) is 11.7 Å². The number of anilines is 1. The van der Waals surface area contributed by atoms with E-state index in [9.17, 15) is 0 Å². The molecule has 5 heteroatoms. The van der Waals surface area contributed by atoms with Gasteiger partial charge in [-0.2, -0.15) is 0 Å². The predicted octanol–water partition coefficient (Wildman–Crippen LogP) is 3.91. The molecule has 0 amide bonds. The molecule has 1 aromatic rings. The summed E-state index contributed by atoms with van der Waals surface area (Å²) in [6.45, 7) is 13.4. The normalized spacial score (nSPS) is 20.7. The third kappa shape index (κ3) is 7.45. The van der Waals surface area contributed by atoms with Gasteiger partial charge in [0.25, 0.3) is 0 Å². The van der Waals surface area contributed by atoms with Gasteiger partial charge in [0.2, 0.25) is 0 Å². The first-order valence-corrected chi connectivity index (χ1v) is 9.58. The highest BCUT2D eigenvalue weighted by Gasteiger charge is 2.20. The summed E-state index contributed by atoms with van der Waals surface area (Å²) in [6.07, 6.45) is 4.20. The molecule has 0 bridgehead atoms. The lowest BCUT2D eigenvalue weighted by molar-refractivity contribution is 0.140. The van der Waals surface area contributed by atoms with E-state index in [1.54, 1.807) is 6.08 Å². The minimum Gasteiger partial charge on any atom is -0.490 e. The highest BCUT2D eigenvalue weighted by molar-refractivity contribution is 7.80. The number of likely N-dealkylation sites (tertiary alicyclic amines) is 1. The molecule has 2 rings (SSSR count). The molecule has 0 unspecified atom stereocenters. The third-order valence-electron chi connectivity index (χ3n) is 4.36. The molecule has 4 nitrogen and oxygen atoms in total. The molecule has 0 aromatic heterocycles. The first kappa shape index (κ1) is 19.7. The van der Waals surface area contributed by atoms with Crippen molar-refractivity contribution < 1.29 is 4.74 Å². The number of rotatable bonds is 8. The lowest BCUT2D eigenvalue weighted by atomic mass is 9.92. The Morgan fingerprint density at radius 3 is 2.60 bits per heavy atom. The van der Waals surface area contributed by atoms with Crippen LogP contribution in [-0.2, 0) is 0 Å². The van der Waals surface area contributed by atoms with Crippen molar-refractivity contribution in [1.29, 1.82) is 0 Å². The van der Waals surface area contributed by atoms with Crippen molar-refractivity contribution >= 4 is 23.0 Å². The number of benzene rings is 1. The minimum atomic E-state index is 0.515. The summed E-state index contributed by atoms with van der Waals surface area (Å²) >= 11 is 5.37. The highest BCUT2D eigenvalue weighted by atomic mass is 32.1. The summed E-state index contributed by atoms with van der Waals surface area (Å²) in [7, 11) is 0. The molecule has 1 aliphatic rings. The van der Waals surface area contributed by atoms with E-state index in [2.05, 4.69) is 36.0 Å². The molecule has 1 aliphatic heterocycles. The number of hydrogen-bond acceptors (Lipinski definition) is 3. The van der Waals surface area contributed by atoms with Crippen LogP contribution in [0.15, 0.2) is 36.9 Å². The van der Waals surface area contributed by atoms with Gasteiger partial charge < -0.3 is 20.3 Å². The Kier molecular flexibility index (Phi) is 8.22. The quantitative estimate of drug-likeness (QED) is 0.417. The molecule has 0 saturated carbocycles. The van der Waals surface area contributed by atoms with E-state index in [-0.39, 0.29) is 0 Å². The van der Waals surface area contributed by atoms with Gasteiger partial charge in [0.15, 0.2) is 5.11 Å². The molecule has 0 aliphatic carbocycles. The second kappa shape index (κ2) is 10.4. The van der Waals surface area contributed by atoms with Gasteiger partial charge in [0.05, 0.1) is 0 Å². The maximum Gasteiger partial charge on any atom is 0.170 e. The van der Waals surface area contributed by atoms with Crippen LogP contribution in [0, 0.1) is 11.8 Å². The fraction of sp³-hybridized carbons (Fsp3) is 0.550. The van der Waals surface area contributed by atoms with Gasteiger partial charge in [-0.05, 0) is 67.7 Å². The summed E-state index contributed by atoms with van der Waals surface area (Å²) < 4.78 is 5.47. The topological polar surface area (TPSA) is 36.5 Å². The molecule has 0 spiro atoms. The van der Waals surface area contributed by atoms with Crippen LogP contribution in [0.2, 0.25) is 0 Å². The van der Waals surface area contributed by atoms with Crippen molar-refractivity contribution in [3.05, 3.63) is 36.9 Å². The van der Waals surface area contributed by atoms with Gasteiger partial charge >= 0.3 is 0 Å². The average Bonchev–Trinajstić information content (AvgIpc) is 2.57. The predicted molar refractivity (Wildman–Crippen MR) is 110 cm³/mol. The Hall–Kier alpha value is -1.59. The molecule has 1 saturated heterocycles. The molecule has 2 N–H and O–H groups in total. The van der Waals surface area contributed by atoms with Crippen molar-refractivity contribution in [2.75, 3.05) is 38.1 Å². The Morgan fingerprint density at radius 1 is 1.28 bits per heavy atom. The zero-order chi connectivity index (χ0) is 18.1. The average molecular weight is 362 g/mol. The van der Waals surface area contributed by atoms with Crippen molar-refractivity contribution in [1.82, 2.24) is 10.2 Å². The number of hydrogen-bond donors (Lipinski definition) is 2. The first-order chi connectivity index (χ1) is 12.1. The van der Waals surface area contributed by atoms with Gasteiger partial charge in [-0.3, -0.25) is 0 Å². The molecular formula is C20H31N3OS. The number of piperidine rings is 1. The summed E-state index contributed by atoms with van der Waals surface area (Å²) in [6, 6.07) is 7.77. The lowest BCUT2D eigenvalue weighted by Crippen LogP contribution is -2.40. The molecule has 1 fully saturated rings. The van der Waals surface area contributed by atoms with Crippen molar-refractivity contribution in [2.24, 2.45) is 11.8 Å². The van der Waals surface area contributed by atoms with Crippen LogP contribution in [0.25, 0.3) is 0 Å². The van der Waals surface area contributed by atoms with E-state index in [1.165, 1.54) is 19.5 Å². The largest absolute Gasteiger partial charge is 0.490 e.